The summed E-state index contributed by atoms with van der Waals surface area (Å²) in [6, 6.07) is 0. The molecule has 0 unspecified atom stereocenters. The Morgan fingerprint density at radius 2 is 2.36 bits per heavy atom. The molecule has 0 spiro atoms. The van der Waals surface area contributed by atoms with Crippen molar-refractivity contribution in [2.24, 2.45) is 0 Å². The van der Waals surface area contributed by atoms with Gasteiger partial charge in [-0.3, -0.25) is 0 Å². The van der Waals surface area contributed by atoms with Gasteiger partial charge in [0.05, 0.1) is 0 Å². The van der Waals surface area contributed by atoms with E-state index in [4.69, 9.17) is 0 Å². The highest BCUT2D eigenvalue weighted by molar-refractivity contribution is 5.34. The van der Waals surface area contributed by atoms with E-state index in [1.807, 2.05) is 6.92 Å². The number of nitrogens with one attached hydrogen (secondary N) is 1. The predicted octanol–water partition coefficient (Wildman–Crippen LogP) is 2.39. The molecule has 0 amide bonds. The second kappa shape index (κ2) is 3.42. The SMILES string of the molecule is C=C(C)C1=CC=C(CC)CN1. The van der Waals surface area contributed by atoms with E-state index < -0.39 is 0 Å². The lowest BCUT2D eigenvalue weighted by molar-refractivity contribution is 0.830. The first-order chi connectivity index (χ1) is 5.24. The average molecular weight is 149 g/mol. The predicted molar refractivity (Wildman–Crippen MR) is 49.3 cm³/mol. The van der Waals surface area contributed by atoms with Crippen LogP contribution in [-0.2, 0) is 0 Å². The molecule has 1 heteroatoms. The van der Waals surface area contributed by atoms with Crippen molar-refractivity contribution >= 4 is 0 Å². The molecule has 1 N–H and O–H groups in total. The van der Waals surface area contributed by atoms with Crippen LogP contribution in [0.1, 0.15) is 20.3 Å². The van der Waals surface area contributed by atoms with Crippen molar-refractivity contribution in [2.45, 2.75) is 20.3 Å². The van der Waals surface area contributed by atoms with Crippen molar-refractivity contribution in [3.63, 3.8) is 0 Å². The van der Waals surface area contributed by atoms with Gasteiger partial charge in [-0.1, -0.05) is 25.2 Å². The van der Waals surface area contributed by atoms with E-state index in [0.717, 1.165) is 18.5 Å². The number of hydrogen-bond acceptors (Lipinski definition) is 1. The Morgan fingerprint density at radius 3 is 2.73 bits per heavy atom. The molecule has 0 atom stereocenters. The van der Waals surface area contributed by atoms with Gasteiger partial charge in [0, 0.05) is 12.2 Å². The molecular weight excluding hydrogens is 134 g/mol. The molecule has 1 heterocycles. The molecule has 1 nitrogen and oxygen atoms in total. The van der Waals surface area contributed by atoms with Crippen molar-refractivity contribution in [2.75, 3.05) is 6.54 Å². The third kappa shape index (κ3) is 1.97. The highest BCUT2D eigenvalue weighted by Crippen LogP contribution is 2.11. The Balaban J connectivity index is 2.69. The fourth-order valence-corrected chi connectivity index (χ4v) is 1.06. The van der Waals surface area contributed by atoms with E-state index in [1.165, 1.54) is 11.3 Å². The normalized spacial score (nSPS) is 16.5. The van der Waals surface area contributed by atoms with Crippen LogP contribution in [0.4, 0.5) is 0 Å². The summed E-state index contributed by atoms with van der Waals surface area (Å²) in [4.78, 5) is 0. The average Bonchev–Trinajstić information content (AvgIpc) is 2.05. The van der Waals surface area contributed by atoms with Crippen LogP contribution < -0.4 is 5.32 Å². The van der Waals surface area contributed by atoms with Crippen LogP contribution in [0.5, 0.6) is 0 Å². The largest absolute Gasteiger partial charge is 0.381 e. The molecule has 1 aliphatic rings. The Hall–Kier alpha value is -0.980. The molecule has 0 bridgehead atoms. The summed E-state index contributed by atoms with van der Waals surface area (Å²) in [5.74, 6) is 0. The van der Waals surface area contributed by atoms with Gasteiger partial charge in [-0.05, 0) is 25.0 Å². The van der Waals surface area contributed by atoms with E-state index in [9.17, 15) is 0 Å². The summed E-state index contributed by atoms with van der Waals surface area (Å²) < 4.78 is 0. The lowest BCUT2D eigenvalue weighted by atomic mass is 10.1. The molecule has 60 valence electrons. The van der Waals surface area contributed by atoms with Gasteiger partial charge in [0.15, 0.2) is 0 Å². The van der Waals surface area contributed by atoms with E-state index >= 15 is 0 Å². The third-order valence-electron chi connectivity index (χ3n) is 1.91. The minimum atomic E-state index is 0.981. The first-order valence-electron chi connectivity index (χ1n) is 4.03. The summed E-state index contributed by atoms with van der Waals surface area (Å²) in [6.45, 7) is 9.04. The molecule has 11 heavy (non-hydrogen) atoms. The number of rotatable bonds is 2. The number of dihydropyridines is 1. The lowest BCUT2D eigenvalue weighted by Gasteiger charge is -2.16. The van der Waals surface area contributed by atoms with Crippen molar-refractivity contribution < 1.29 is 0 Å². The Bertz CT molecular complexity index is 221. The maximum atomic E-state index is 3.87. The zero-order valence-electron chi connectivity index (χ0n) is 7.28. The fourth-order valence-electron chi connectivity index (χ4n) is 1.06. The zero-order valence-corrected chi connectivity index (χ0v) is 7.28. The van der Waals surface area contributed by atoms with Gasteiger partial charge < -0.3 is 5.32 Å². The lowest BCUT2D eigenvalue weighted by Crippen LogP contribution is -2.19. The molecular formula is C10H15N. The number of hydrogen-bond donors (Lipinski definition) is 1. The van der Waals surface area contributed by atoms with Crippen LogP contribution in [-0.4, -0.2) is 6.54 Å². The van der Waals surface area contributed by atoms with Crippen LogP contribution in [0.3, 0.4) is 0 Å². The van der Waals surface area contributed by atoms with Crippen molar-refractivity contribution in [1.29, 1.82) is 0 Å². The fraction of sp³-hybridized carbons (Fsp3) is 0.400. The van der Waals surface area contributed by atoms with Crippen LogP contribution in [0.2, 0.25) is 0 Å². The maximum absolute atomic E-state index is 3.87. The van der Waals surface area contributed by atoms with Crippen molar-refractivity contribution in [1.82, 2.24) is 5.32 Å². The molecule has 0 saturated heterocycles. The van der Waals surface area contributed by atoms with E-state index in [-0.39, 0.29) is 0 Å². The smallest absolute Gasteiger partial charge is 0.0366 e. The molecule has 0 fully saturated rings. The van der Waals surface area contributed by atoms with Crippen LogP contribution in [0.25, 0.3) is 0 Å². The van der Waals surface area contributed by atoms with Gasteiger partial charge in [-0.15, -0.1) is 0 Å². The first-order valence-corrected chi connectivity index (χ1v) is 4.03. The maximum Gasteiger partial charge on any atom is 0.0366 e. The van der Waals surface area contributed by atoms with Gasteiger partial charge >= 0.3 is 0 Å². The van der Waals surface area contributed by atoms with E-state index in [0.29, 0.717) is 0 Å². The minimum absolute atomic E-state index is 0.981. The Kier molecular flexibility index (Phi) is 2.53. The second-order valence-corrected chi connectivity index (χ2v) is 2.89. The molecule has 0 aliphatic carbocycles. The molecule has 1 aliphatic heterocycles. The van der Waals surface area contributed by atoms with Gasteiger partial charge in [0.2, 0.25) is 0 Å². The van der Waals surface area contributed by atoms with Crippen molar-refractivity contribution in [3.05, 3.63) is 35.6 Å². The number of allylic oxidation sites excluding steroid dienone is 3. The quantitative estimate of drug-likeness (QED) is 0.635. The van der Waals surface area contributed by atoms with Crippen molar-refractivity contribution in [3.8, 4) is 0 Å². The molecule has 0 aromatic carbocycles. The summed E-state index contributed by atoms with van der Waals surface area (Å²) in [5, 5.41) is 3.31. The highest BCUT2D eigenvalue weighted by Gasteiger charge is 2.02. The molecule has 1 rings (SSSR count). The van der Waals surface area contributed by atoms with Crippen LogP contribution in [0, 0.1) is 0 Å². The molecule has 0 saturated carbocycles. The zero-order chi connectivity index (χ0) is 8.27. The standard InChI is InChI=1S/C10H15N/c1-4-9-5-6-10(8(2)3)11-7-9/h5-6,11H,2,4,7H2,1,3H3. The van der Waals surface area contributed by atoms with Gasteiger partial charge in [0.25, 0.3) is 0 Å². The molecule has 0 radical (unpaired) electrons. The molecule has 0 aromatic rings. The first kappa shape index (κ1) is 8.12. The summed E-state index contributed by atoms with van der Waals surface area (Å²) >= 11 is 0. The summed E-state index contributed by atoms with van der Waals surface area (Å²) in [6.07, 6.45) is 5.41. The van der Waals surface area contributed by atoms with Gasteiger partial charge in [-0.25, -0.2) is 0 Å². The van der Waals surface area contributed by atoms with E-state index in [1.54, 1.807) is 0 Å². The van der Waals surface area contributed by atoms with Crippen LogP contribution >= 0.6 is 0 Å². The molecule has 0 aromatic heterocycles. The summed E-state index contributed by atoms with van der Waals surface area (Å²) in [5.41, 5.74) is 3.73. The highest BCUT2D eigenvalue weighted by atomic mass is 14.9. The topological polar surface area (TPSA) is 12.0 Å². The van der Waals surface area contributed by atoms with Crippen LogP contribution in [0.15, 0.2) is 35.6 Å². The van der Waals surface area contributed by atoms with E-state index in [2.05, 4.69) is 31.0 Å². The van der Waals surface area contributed by atoms with Gasteiger partial charge in [0.1, 0.15) is 0 Å². The minimum Gasteiger partial charge on any atom is -0.381 e. The second-order valence-electron chi connectivity index (χ2n) is 2.89. The van der Waals surface area contributed by atoms with Gasteiger partial charge in [-0.2, -0.15) is 0 Å². The third-order valence-corrected chi connectivity index (χ3v) is 1.91. The summed E-state index contributed by atoms with van der Waals surface area (Å²) in [7, 11) is 0. The Labute approximate surface area is 68.5 Å². The Morgan fingerprint density at radius 1 is 1.64 bits per heavy atom. The monoisotopic (exact) mass is 149 g/mol.